The predicted octanol–water partition coefficient (Wildman–Crippen LogP) is 9.49. The molecule has 192 valence electrons. The summed E-state index contributed by atoms with van der Waals surface area (Å²) in [7, 11) is 0. The first-order chi connectivity index (χ1) is 16.8. The third-order valence-electron chi connectivity index (χ3n) is 9.73. The average molecular weight is 467 g/mol. The van der Waals surface area contributed by atoms with Gasteiger partial charge in [-0.1, -0.05) is 77.0 Å². The smallest absolute Gasteiger partial charge is 0.0578 e. The Balaban J connectivity index is 1.19. The maximum absolute atomic E-state index is 6.31. The molecule has 0 aromatic heterocycles. The number of hydrogen-bond donors (Lipinski definition) is 0. The van der Waals surface area contributed by atoms with Gasteiger partial charge < -0.3 is 4.74 Å². The highest BCUT2D eigenvalue weighted by atomic mass is 16.5. The molecule has 0 aliphatic heterocycles. The lowest BCUT2D eigenvalue weighted by atomic mass is 9.62. The lowest BCUT2D eigenvalue weighted by Gasteiger charge is -2.45. The summed E-state index contributed by atoms with van der Waals surface area (Å²) in [4.78, 5) is 0. The van der Waals surface area contributed by atoms with Crippen molar-refractivity contribution >= 4 is 0 Å². The minimum Gasteiger partial charge on any atom is -0.378 e. The molecule has 2 saturated carbocycles. The Labute approximate surface area is 211 Å². The summed E-state index contributed by atoms with van der Waals surface area (Å²) in [5, 5.41) is 0. The molecular formula is C33H54O. The molecule has 0 heterocycles. The van der Waals surface area contributed by atoms with Gasteiger partial charge in [-0.3, -0.25) is 0 Å². The molecule has 0 N–H and O–H groups in total. The summed E-state index contributed by atoms with van der Waals surface area (Å²) >= 11 is 0. The van der Waals surface area contributed by atoms with Crippen LogP contribution in [0.2, 0.25) is 0 Å². The van der Waals surface area contributed by atoms with E-state index in [0.29, 0.717) is 6.10 Å². The van der Waals surface area contributed by atoms with Gasteiger partial charge >= 0.3 is 0 Å². The largest absolute Gasteiger partial charge is 0.378 e. The van der Waals surface area contributed by atoms with Gasteiger partial charge in [0.25, 0.3) is 0 Å². The molecule has 34 heavy (non-hydrogen) atoms. The molecule has 3 unspecified atom stereocenters. The van der Waals surface area contributed by atoms with Gasteiger partial charge in [0.2, 0.25) is 0 Å². The number of hydrogen-bond acceptors (Lipinski definition) is 1. The number of aryl methyl sites for hydroxylation is 2. The number of fused-ring (bicyclic) bond motifs is 2. The second kappa shape index (κ2) is 14.1. The highest BCUT2D eigenvalue weighted by molar-refractivity contribution is 5.34. The lowest BCUT2D eigenvalue weighted by Crippen LogP contribution is -2.37. The van der Waals surface area contributed by atoms with E-state index in [4.69, 9.17) is 4.74 Å². The maximum Gasteiger partial charge on any atom is 0.0578 e. The van der Waals surface area contributed by atoms with Crippen LogP contribution in [0, 0.1) is 23.7 Å². The van der Waals surface area contributed by atoms with E-state index in [9.17, 15) is 0 Å². The Morgan fingerprint density at radius 1 is 0.676 bits per heavy atom. The van der Waals surface area contributed by atoms with Crippen molar-refractivity contribution in [2.75, 3.05) is 6.61 Å². The zero-order valence-corrected chi connectivity index (χ0v) is 22.7. The predicted molar refractivity (Wildman–Crippen MR) is 146 cm³/mol. The summed E-state index contributed by atoms with van der Waals surface area (Å²) in [5.74, 6) is 3.89. The zero-order chi connectivity index (χ0) is 23.6. The van der Waals surface area contributed by atoms with Gasteiger partial charge in [0.05, 0.1) is 6.10 Å². The monoisotopic (exact) mass is 466 g/mol. The molecule has 1 aromatic rings. The van der Waals surface area contributed by atoms with Gasteiger partial charge in [0.15, 0.2) is 0 Å². The first-order valence-electron chi connectivity index (χ1n) is 15.5. The van der Waals surface area contributed by atoms with Gasteiger partial charge in [-0.15, -0.1) is 0 Å². The van der Waals surface area contributed by atoms with Crippen LogP contribution in [-0.2, 0) is 24.0 Å². The van der Waals surface area contributed by atoms with E-state index >= 15 is 0 Å². The van der Waals surface area contributed by atoms with Crippen molar-refractivity contribution in [1.29, 1.82) is 0 Å². The van der Waals surface area contributed by atoms with Gasteiger partial charge in [-0.2, -0.15) is 0 Å². The fraction of sp³-hybridized carbons (Fsp3) is 0.818. The van der Waals surface area contributed by atoms with Gasteiger partial charge in [0, 0.05) is 6.61 Å². The first kappa shape index (κ1) is 26.2. The van der Waals surface area contributed by atoms with E-state index < -0.39 is 0 Å². The molecule has 0 spiro atoms. The molecule has 1 nitrogen and oxygen atoms in total. The van der Waals surface area contributed by atoms with Crippen LogP contribution in [0.4, 0.5) is 0 Å². The van der Waals surface area contributed by atoms with Crippen LogP contribution < -0.4 is 0 Å². The Morgan fingerprint density at radius 3 is 2.21 bits per heavy atom. The second-order valence-electron chi connectivity index (χ2n) is 12.2. The number of benzene rings is 1. The van der Waals surface area contributed by atoms with Crippen LogP contribution >= 0.6 is 0 Å². The van der Waals surface area contributed by atoms with Crippen molar-refractivity contribution < 1.29 is 4.74 Å². The summed E-state index contributed by atoms with van der Waals surface area (Å²) in [5.41, 5.74) is 4.97. The van der Waals surface area contributed by atoms with Crippen molar-refractivity contribution in [3.05, 3.63) is 34.9 Å². The van der Waals surface area contributed by atoms with Crippen LogP contribution in [0.15, 0.2) is 18.2 Å². The van der Waals surface area contributed by atoms with E-state index in [1.807, 2.05) is 0 Å². The van der Waals surface area contributed by atoms with Crippen molar-refractivity contribution in [2.45, 2.75) is 142 Å². The van der Waals surface area contributed by atoms with Gasteiger partial charge in [0.1, 0.15) is 0 Å². The highest BCUT2D eigenvalue weighted by Crippen LogP contribution is 2.47. The highest BCUT2D eigenvalue weighted by Gasteiger charge is 2.38. The van der Waals surface area contributed by atoms with E-state index in [0.717, 1.165) is 30.3 Å². The van der Waals surface area contributed by atoms with Crippen molar-refractivity contribution in [1.82, 2.24) is 0 Å². The first-order valence-corrected chi connectivity index (χ1v) is 15.5. The van der Waals surface area contributed by atoms with Crippen molar-refractivity contribution in [3.8, 4) is 0 Å². The Hall–Kier alpha value is -0.820. The third kappa shape index (κ3) is 7.59. The van der Waals surface area contributed by atoms with Gasteiger partial charge in [-0.05, 0) is 117 Å². The van der Waals surface area contributed by atoms with E-state index in [2.05, 4.69) is 32.0 Å². The van der Waals surface area contributed by atoms with Gasteiger partial charge in [-0.25, -0.2) is 0 Å². The minimum absolute atomic E-state index is 0.571. The Kier molecular flexibility index (Phi) is 10.9. The molecule has 4 rings (SSSR count). The summed E-state index contributed by atoms with van der Waals surface area (Å²) in [6, 6.07) is 7.55. The van der Waals surface area contributed by atoms with E-state index in [1.165, 1.54) is 122 Å². The molecule has 0 radical (unpaired) electrons. The molecule has 0 bridgehead atoms. The van der Waals surface area contributed by atoms with Crippen LogP contribution in [0.3, 0.4) is 0 Å². The molecule has 3 aliphatic rings. The fourth-order valence-corrected chi connectivity index (χ4v) is 7.57. The minimum atomic E-state index is 0.571. The standard InChI is InChI=1S/C33H54O/c1-3-5-7-9-10-12-26-13-14-28-23-29(16-15-27(28)22-26)30-17-18-32-25-33(20-19-31(32)24-30)34-21-11-8-6-4-2/h13-14,22,29-33H,3-12,15-21,23-25H2,1-2H3/t29?,30?,31-,32?,33-/m1/s1. The SMILES string of the molecule is CCCCCCCc1ccc2c(c1)CCC(C1CCC3C[C@H](OCCCCCC)CC[C@@H]3C1)C2. The zero-order valence-electron chi connectivity index (χ0n) is 22.7. The van der Waals surface area contributed by atoms with Crippen molar-refractivity contribution in [2.24, 2.45) is 23.7 Å². The lowest BCUT2D eigenvalue weighted by molar-refractivity contribution is -0.0250. The molecule has 5 atom stereocenters. The number of ether oxygens (including phenoxy) is 1. The van der Waals surface area contributed by atoms with Crippen LogP contribution in [0.25, 0.3) is 0 Å². The molecular weight excluding hydrogens is 412 g/mol. The molecule has 0 amide bonds. The third-order valence-corrected chi connectivity index (χ3v) is 9.73. The summed E-state index contributed by atoms with van der Waals surface area (Å²) in [6.45, 7) is 5.60. The molecule has 1 aromatic carbocycles. The quantitative estimate of drug-likeness (QED) is 0.263. The van der Waals surface area contributed by atoms with Crippen LogP contribution in [0.5, 0.6) is 0 Å². The summed E-state index contributed by atoms with van der Waals surface area (Å²) in [6.07, 6.45) is 26.9. The summed E-state index contributed by atoms with van der Waals surface area (Å²) < 4.78 is 6.31. The second-order valence-corrected chi connectivity index (χ2v) is 12.2. The topological polar surface area (TPSA) is 9.23 Å². The number of rotatable bonds is 13. The Bertz CT molecular complexity index is 708. The Morgan fingerprint density at radius 2 is 1.38 bits per heavy atom. The van der Waals surface area contributed by atoms with Crippen LogP contribution in [-0.4, -0.2) is 12.7 Å². The molecule has 1 heteroatoms. The molecule has 0 saturated heterocycles. The molecule has 2 fully saturated rings. The normalized spacial score (nSPS) is 28.9. The maximum atomic E-state index is 6.31. The van der Waals surface area contributed by atoms with E-state index in [-0.39, 0.29) is 0 Å². The van der Waals surface area contributed by atoms with Crippen molar-refractivity contribution in [3.63, 3.8) is 0 Å². The number of unbranched alkanes of at least 4 members (excludes halogenated alkanes) is 7. The fourth-order valence-electron chi connectivity index (χ4n) is 7.57. The van der Waals surface area contributed by atoms with Crippen LogP contribution in [0.1, 0.15) is 133 Å². The van der Waals surface area contributed by atoms with E-state index in [1.54, 1.807) is 16.7 Å². The average Bonchev–Trinajstić information content (AvgIpc) is 2.87. The molecule has 3 aliphatic carbocycles.